The number of carbonyl (C=O) groups is 2. The van der Waals surface area contributed by atoms with Crippen LogP contribution in [0.4, 0.5) is 13.2 Å². The second-order valence-corrected chi connectivity index (χ2v) is 11.7. The molecule has 0 saturated carbocycles. The number of piperidine rings is 1. The molecule has 5 nitrogen and oxygen atoms in total. The predicted octanol–water partition coefficient (Wildman–Crippen LogP) is 5.52. The Hall–Kier alpha value is -2.87. The zero-order valence-electron chi connectivity index (χ0n) is 22.9. The van der Waals surface area contributed by atoms with Gasteiger partial charge in [0.25, 0.3) is 0 Å². The minimum absolute atomic E-state index is 0.00475. The van der Waals surface area contributed by atoms with Gasteiger partial charge in [0.15, 0.2) is 0 Å². The molecule has 2 aromatic rings. The summed E-state index contributed by atoms with van der Waals surface area (Å²) in [6, 6.07) is 8.01. The van der Waals surface area contributed by atoms with Crippen LogP contribution in [0.5, 0.6) is 0 Å². The van der Waals surface area contributed by atoms with Crippen molar-refractivity contribution in [1.82, 2.24) is 15.1 Å². The van der Waals surface area contributed by atoms with E-state index in [0.29, 0.717) is 44.6 Å². The van der Waals surface area contributed by atoms with E-state index in [1.807, 2.05) is 11.8 Å². The average molecular weight is 530 g/mol. The van der Waals surface area contributed by atoms with E-state index in [-0.39, 0.29) is 41.0 Å². The number of likely N-dealkylation sites (tertiary alicyclic amines) is 2. The van der Waals surface area contributed by atoms with E-state index < -0.39 is 17.6 Å². The number of carbonyl (C=O) groups excluding carboxylic acids is 2. The Balaban J connectivity index is 1.51. The number of benzene rings is 2. The first-order valence-corrected chi connectivity index (χ1v) is 13.4. The van der Waals surface area contributed by atoms with Gasteiger partial charge in [0.2, 0.25) is 11.8 Å². The van der Waals surface area contributed by atoms with Crippen molar-refractivity contribution in [2.75, 3.05) is 26.2 Å². The third kappa shape index (κ3) is 6.06. The maximum absolute atomic E-state index is 14.8. The summed E-state index contributed by atoms with van der Waals surface area (Å²) in [5, 5.41) is 2.85. The van der Waals surface area contributed by atoms with Crippen molar-refractivity contribution in [3.05, 3.63) is 70.5 Å². The fourth-order valence-corrected chi connectivity index (χ4v) is 6.04. The van der Waals surface area contributed by atoms with Crippen molar-refractivity contribution >= 4 is 11.8 Å². The summed E-state index contributed by atoms with van der Waals surface area (Å²) in [5.41, 5.74) is 1.94. The Kier molecular flexibility index (Phi) is 8.21. The zero-order valence-corrected chi connectivity index (χ0v) is 22.9. The van der Waals surface area contributed by atoms with Crippen molar-refractivity contribution in [3.63, 3.8) is 0 Å². The van der Waals surface area contributed by atoms with Gasteiger partial charge in [-0.1, -0.05) is 12.1 Å². The minimum atomic E-state index is -0.630. The Labute approximate surface area is 223 Å². The molecule has 2 aliphatic heterocycles. The third-order valence-corrected chi connectivity index (χ3v) is 8.13. The first kappa shape index (κ1) is 28.1. The third-order valence-electron chi connectivity index (χ3n) is 8.13. The highest BCUT2D eigenvalue weighted by molar-refractivity contribution is 5.81. The Morgan fingerprint density at radius 1 is 0.947 bits per heavy atom. The maximum Gasteiger partial charge on any atom is 0.227 e. The van der Waals surface area contributed by atoms with Crippen LogP contribution in [0.2, 0.25) is 0 Å². The highest BCUT2D eigenvalue weighted by Gasteiger charge is 2.44. The molecule has 8 heteroatoms. The van der Waals surface area contributed by atoms with Crippen molar-refractivity contribution < 1.29 is 22.8 Å². The molecule has 4 rings (SSSR count). The number of nitrogens with one attached hydrogen (secondary N) is 1. The second kappa shape index (κ2) is 11.1. The first-order valence-electron chi connectivity index (χ1n) is 13.4. The highest BCUT2D eigenvalue weighted by atomic mass is 19.1. The average Bonchev–Trinajstić information content (AvgIpc) is 3.29. The van der Waals surface area contributed by atoms with E-state index in [0.717, 1.165) is 17.2 Å². The summed E-state index contributed by atoms with van der Waals surface area (Å²) < 4.78 is 42.5. The lowest BCUT2D eigenvalue weighted by molar-refractivity contribution is -0.136. The fraction of sp³-hybridized carbons (Fsp3) is 0.533. The molecule has 0 spiro atoms. The number of amides is 2. The van der Waals surface area contributed by atoms with Gasteiger partial charge in [-0.2, -0.15) is 0 Å². The van der Waals surface area contributed by atoms with Gasteiger partial charge in [-0.3, -0.25) is 14.5 Å². The molecular formula is C30H38F3N3O2. The number of rotatable bonds is 5. The lowest BCUT2D eigenvalue weighted by Crippen LogP contribution is -2.44. The molecule has 2 saturated heterocycles. The van der Waals surface area contributed by atoms with Gasteiger partial charge in [-0.25, -0.2) is 13.2 Å². The van der Waals surface area contributed by atoms with Crippen molar-refractivity contribution in [1.29, 1.82) is 0 Å². The molecule has 0 bridgehead atoms. The standard InChI is InChI=1S/C30H38F3N3O2/c1-18(34-19(2)37)25-14-21(31)6-8-23(25)20-10-12-35(13-11-20)29(38)27-17-36(30(3,4)5)16-26(27)24-9-7-22(32)15-28(24)33/h6-9,14-15,18,20,26-27H,10-13,16-17H2,1-5H3,(H,34,37)/t18?,26?,27-/m1/s1. The number of halogens is 3. The highest BCUT2D eigenvalue weighted by Crippen LogP contribution is 2.40. The summed E-state index contributed by atoms with van der Waals surface area (Å²) in [4.78, 5) is 29.5. The molecule has 2 aromatic carbocycles. The molecule has 1 N–H and O–H groups in total. The molecule has 2 amide bonds. The molecule has 0 radical (unpaired) electrons. The van der Waals surface area contributed by atoms with Crippen LogP contribution in [-0.4, -0.2) is 53.3 Å². The van der Waals surface area contributed by atoms with Gasteiger partial charge in [-0.15, -0.1) is 0 Å². The van der Waals surface area contributed by atoms with Crippen molar-refractivity contribution in [2.45, 2.75) is 70.9 Å². The van der Waals surface area contributed by atoms with E-state index in [1.165, 1.54) is 31.2 Å². The Morgan fingerprint density at radius 2 is 1.55 bits per heavy atom. The van der Waals surface area contributed by atoms with E-state index in [2.05, 4.69) is 31.0 Å². The van der Waals surface area contributed by atoms with Gasteiger partial charge < -0.3 is 10.2 Å². The lowest BCUT2D eigenvalue weighted by atomic mass is 9.83. The Bertz CT molecular complexity index is 1190. The minimum Gasteiger partial charge on any atom is -0.350 e. The molecule has 206 valence electrons. The van der Waals surface area contributed by atoms with Crippen molar-refractivity contribution in [3.8, 4) is 0 Å². The summed E-state index contributed by atoms with van der Waals surface area (Å²) in [5.74, 6) is -2.43. The quantitative estimate of drug-likeness (QED) is 0.555. The zero-order chi connectivity index (χ0) is 27.8. The van der Waals surface area contributed by atoms with E-state index in [1.54, 1.807) is 6.07 Å². The molecule has 2 aliphatic rings. The van der Waals surface area contributed by atoms with Gasteiger partial charge >= 0.3 is 0 Å². The SMILES string of the molecule is CC(=O)NC(C)c1cc(F)ccc1C1CCN(C(=O)[C@@H]2CN(C(C)(C)C)CC2c2ccc(F)cc2F)CC1. The van der Waals surface area contributed by atoms with Crippen LogP contribution in [0.1, 0.15) is 82.0 Å². The molecule has 3 atom stereocenters. The van der Waals surface area contributed by atoms with Crippen LogP contribution in [-0.2, 0) is 9.59 Å². The smallest absolute Gasteiger partial charge is 0.227 e. The molecule has 38 heavy (non-hydrogen) atoms. The summed E-state index contributed by atoms with van der Waals surface area (Å²) in [7, 11) is 0. The van der Waals surface area contributed by atoms with Gasteiger partial charge in [0.05, 0.1) is 12.0 Å². The number of hydrogen-bond acceptors (Lipinski definition) is 3. The van der Waals surface area contributed by atoms with Crippen LogP contribution in [0.25, 0.3) is 0 Å². The maximum atomic E-state index is 14.8. The lowest BCUT2D eigenvalue weighted by Gasteiger charge is -2.36. The van der Waals surface area contributed by atoms with Crippen molar-refractivity contribution in [2.24, 2.45) is 5.92 Å². The van der Waals surface area contributed by atoms with Crippen LogP contribution < -0.4 is 5.32 Å². The Morgan fingerprint density at radius 3 is 2.13 bits per heavy atom. The normalized spacial score (nSPS) is 21.9. The molecule has 2 heterocycles. The largest absolute Gasteiger partial charge is 0.350 e. The first-order chi connectivity index (χ1) is 17.8. The molecule has 0 aliphatic carbocycles. The van der Waals surface area contributed by atoms with Gasteiger partial charge in [0, 0.05) is 50.6 Å². The van der Waals surface area contributed by atoms with Gasteiger partial charge in [-0.05, 0) is 81.3 Å². The number of nitrogens with zero attached hydrogens (tertiary/aromatic N) is 2. The predicted molar refractivity (Wildman–Crippen MR) is 141 cm³/mol. The van der Waals surface area contributed by atoms with E-state index in [4.69, 9.17) is 0 Å². The number of hydrogen-bond donors (Lipinski definition) is 1. The summed E-state index contributed by atoms with van der Waals surface area (Å²) in [6.07, 6.45) is 1.42. The van der Waals surface area contributed by atoms with Crippen LogP contribution in [0.15, 0.2) is 36.4 Å². The molecular weight excluding hydrogens is 491 g/mol. The molecule has 2 fully saturated rings. The van der Waals surface area contributed by atoms with Crippen LogP contribution in [0, 0.1) is 23.4 Å². The fourth-order valence-electron chi connectivity index (χ4n) is 6.04. The molecule has 2 unspecified atom stereocenters. The van der Waals surface area contributed by atoms with Crippen LogP contribution >= 0.6 is 0 Å². The summed E-state index contributed by atoms with van der Waals surface area (Å²) in [6.45, 7) is 11.6. The summed E-state index contributed by atoms with van der Waals surface area (Å²) >= 11 is 0. The van der Waals surface area contributed by atoms with Crippen LogP contribution in [0.3, 0.4) is 0 Å². The van der Waals surface area contributed by atoms with E-state index in [9.17, 15) is 22.8 Å². The van der Waals surface area contributed by atoms with E-state index >= 15 is 0 Å². The monoisotopic (exact) mass is 529 g/mol. The van der Waals surface area contributed by atoms with Gasteiger partial charge in [0.1, 0.15) is 17.5 Å². The second-order valence-electron chi connectivity index (χ2n) is 11.7. The molecule has 0 aromatic heterocycles. The topological polar surface area (TPSA) is 52.7 Å².